The standard InChI is InChI=1S/C32H46FN2O8PS/c1-8-41-44(40)18-17-34(21-23-13-14-24(33)20-25(23)26-12-11-19-45-26)22-32(44,27(36)37)15-9-10-16-35(28(38)42-30(2,3)4)29(39)43-31(5,6)7/h11-14,19-20H,8-10,15-18,21-22H2,1-7H3,(H,36,37)/t32-,44?/m0/s1. The third-order valence-corrected chi connectivity index (χ3v) is 11.5. The third-order valence-electron chi connectivity index (χ3n) is 7.29. The Morgan fingerprint density at radius 3 is 2.24 bits per heavy atom. The third kappa shape index (κ3) is 9.61. The van der Waals surface area contributed by atoms with Crippen LogP contribution in [0.1, 0.15) is 73.3 Å². The van der Waals surface area contributed by atoms with Crippen LogP contribution in [0.3, 0.4) is 0 Å². The Hall–Kier alpha value is -2.79. The van der Waals surface area contributed by atoms with Crippen LogP contribution in [0.15, 0.2) is 35.7 Å². The van der Waals surface area contributed by atoms with Gasteiger partial charge in [-0.15, -0.1) is 11.3 Å². The molecule has 2 atom stereocenters. The second-order valence-corrected chi connectivity index (χ2v) is 17.1. The first-order valence-electron chi connectivity index (χ1n) is 15.1. The number of carbonyl (C=O) groups is 3. The Kier molecular flexibility index (Phi) is 12.0. The van der Waals surface area contributed by atoms with E-state index >= 15 is 0 Å². The van der Waals surface area contributed by atoms with Gasteiger partial charge in [-0.05, 0) is 102 Å². The second-order valence-electron chi connectivity index (χ2n) is 13.2. The Bertz CT molecular complexity index is 1360. The number of ether oxygens (including phenoxy) is 2. The van der Waals surface area contributed by atoms with Gasteiger partial charge in [0.1, 0.15) is 17.0 Å². The fourth-order valence-electron chi connectivity index (χ4n) is 5.31. The molecular formula is C32H46FN2O8PS. The van der Waals surface area contributed by atoms with Gasteiger partial charge in [-0.2, -0.15) is 0 Å². The summed E-state index contributed by atoms with van der Waals surface area (Å²) in [5.74, 6) is -1.59. The number of imide groups is 1. The van der Waals surface area contributed by atoms with Gasteiger partial charge in [0.2, 0.25) is 7.37 Å². The van der Waals surface area contributed by atoms with Gasteiger partial charge in [0.15, 0.2) is 5.16 Å². The lowest BCUT2D eigenvalue weighted by Crippen LogP contribution is -2.54. The van der Waals surface area contributed by atoms with Crippen molar-refractivity contribution in [2.24, 2.45) is 0 Å². The Morgan fingerprint density at radius 1 is 1.07 bits per heavy atom. The smallest absolute Gasteiger partial charge is 0.419 e. The Balaban J connectivity index is 1.83. The summed E-state index contributed by atoms with van der Waals surface area (Å²) in [6.45, 7) is 12.4. The van der Waals surface area contributed by atoms with Gasteiger partial charge in [-0.25, -0.2) is 18.9 Å². The van der Waals surface area contributed by atoms with Gasteiger partial charge in [-0.3, -0.25) is 14.3 Å². The molecule has 13 heteroatoms. The van der Waals surface area contributed by atoms with Gasteiger partial charge >= 0.3 is 18.2 Å². The van der Waals surface area contributed by atoms with Crippen molar-refractivity contribution in [3.05, 3.63) is 47.1 Å². The van der Waals surface area contributed by atoms with E-state index in [4.69, 9.17) is 14.0 Å². The number of hydrogen-bond donors (Lipinski definition) is 1. The molecule has 1 fully saturated rings. The normalized spacial score (nSPS) is 20.9. The monoisotopic (exact) mass is 668 g/mol. The van der Waals surface area contributed by atoms with E-state index in [2.05, 4.69) is 0 Å². The van der Waals surface area contributed by atoms with Crippen LogP contribution in [-0.4, -0.2) is 81.8 Å². The summed E-state index contributed by atoms with van der Waals surface area (Å²) < 4.78 is 45.1. The molecule has 2 aromatic rings. The van der Waals surface area contributed by atoms with Crippen molar-refractivity contribution >= 4 is 36.9 Å². The predicted molar refractivity (Wildman–Crippen MR) is 172 cm³/mol. The summed E-state index contributed by atoms with van der Waals surface area (Å²) in [4.78, 5) is 42.5. The molecule has 250 valence electrons. The molecule has 2 amide bonds. The molecule has 1 aliphatic rings. The van der Waals surface area contributed by atoms with E-state index in [-0.39, 0.29) is 50.9 Å². The highest BCUT2D eigenvalue weighted by atomic mass is 32.1. The predicted octanol–water partition coefficient (Wildman–Crippen LogP) is 7.85. The number of hydrogen-bond acceptors (Lipinski definition) is 9. The van der Waals surface area contributed by atoms with E-state index < -0.39 is 41.9 Å². The quantitative estimate of drug-likeness (QED) is 0.188. The number of nitrogens with zero attached hydrogens (tertiary/aromatic N) is 2. The summed E-state index contributed by atoms with van der Waals surface area (Å²) in [6.07, 6.45) is -1.24. The minimum absolute atomic E-state index is 0.00616. The molecule has 0 radical (unpaired) electrons. The van der Waals surface area contributed by atoms with E-state index in [0.29, 0.717) is 13.1 Å². The zero-order valence-corrected chi connectivity index (χ0v) is 29.0. The van der Waals surface area contributed by atoms with E-state index in [1.165, 1.54) is 23.5 Å². The molecule has 1 aromatic heterocycles. The number of amides is 2. The number of carboxylic acids is 1. The summed E-state index contributed by atoms with van der Waals surface area (Å²) >= 11 is 1.48. The highest BCUT2D eigenvalue weighted by Gasteiger charge is 2.58. The molecular weight excluding hydrogens is 622 g/mol. The second kappa shape index (κ2) is 14.8. The molecule has 45 heavy (non-hydrogen) atoms. The maximum atomic E-state index is 14.2. The van der Waals surface area contributed by atoms with Gasteiger partial charge in [0.05, 0.1) is 6.61 Å². The van der Waals surface area contributed by atoms with Crippen molar-refractivity contribution < 1.29 is 42.4 Å². The number of aliphatic carboxylic acids is 1. The number of carbonyl (C=O) groups excluding carboxylic acids is 2. The zero-order valence-electron chi connectivity index (χ0n) is 27.3. The van der Waals surface area contributed by atoms with Crippen LogP contribution in [0.5, 0.6) is 0 Å². The van der Waals surface area contributed by atoms with Crippen LogP contribution in [0.2, 0.25) is 0 Å². The minimum Gasteiger partial charge on any atom is -0.480 e. The van der Waals surface area contributed by atoms with Crippen LogP contribution in [0.25, 0.3) is 10.4 Å². The van der Waals surface area contributed by atoms with Crippen LogP contribution < -0.4 is 0 Å². The number of rotatable bonds is 11. The average Bonchev–Trinajstić information content (AvgIpc) is 3.44. The Labute approximate surface area is 269 Å². The van der Waals surface area contributed by atoms with E-state index in [1.807, 2.05) is 22.4 Å². The zero-order chi connectivity index (χ0) is 33.6. The molecule has 2 heterocycles. The van der Waals surface area contributed by atoms with E-state index in [0.717, 1.165) is 20.9 Å². The summed E-state index contributed by atoms with van der Waals surface area (Å²) in [5, 5.41) is 10.8. The van der Waals surface area contributed by atoms with Crippen molar-refractivity contribution in [1.29, 1.82) is 0 Å². The maximum absolute atomic E-state index is 14.2. The number of thiophene rings is 1. The molecule has 1 aromatic carbocycles. The number of carboxylic acid groups (broad SMARTS) is 1. The largest absolute Gasteiger partial charge is 0.480 e. The van der Waals surface area contributed by atoms with Crippen molar-refractivity contribution in [3.8, 4) is 10.4 Å². The first-order valence-corrected chi connectivity index (χ1v) is 17.8. The van der Waals surface area contributed by atoms with Crippen LogP contribution in [0.4, 0.5) is 14.0 Å². The van der Waals surface area contributed by atoms with Crippen LogP contribution in [-0.2, 0) is 29.9 Å². The van der Waals surface area contributed by atoms with Crippen molar-refractivity contribution in [2.45, 2.75) is 90.6 Å². The van der Waals surface area contributed by atoms with Crippen molar-refractivity contribution in [2.75, 3.05) is 32.4 Å². The lowest BCUT2D eigenvalue weighted by Gasteiger charge is -2.45. The van der Waals surface area contributed by atoms with Crippen molar-refractivity contribution in [3.63, 3.8) is 0 Å². The first-order chi connectivity index (χ1) is 20.9. The van der Waals surface area contributed by atoms with Gasteiger partial charge < -0.3 is 19.1 Å². The highest BCUT2D eigenvalue weighted by Crippen LogP contribution is 2.63. The first kappa shape index (κ1) is 36.7. The summed E-state index contributed by atoms with van der Waals surface area (Å²) in [5.41, 5.74) is -0.145. The fraction of sp³-hybridized carbons (Fsp3) is 0.594. The van der Waals surface area contributed by atoms with Gasteiger partial charge in [0, 0.05) is 37.2 Å². The van der Waals surface area contributed by atoms with E-state index in [1.54, 1.807) is 54.5 Å². The SMILES string of the molecule is CCOP1(=O)CCN(Cc2ccc(F)cc2-c2cccs2)C[C@@]1(CCCCN(C(=O)OC(C)(C)C)C(=O)OC(C)(C)C)C(=O)O. The van der Waals surface area contributed by atoms with Gasteiger partial charge in [-0.1, -0.05) is 12.1 Å². The molecule has 0 saturated carbocycles. The highest BCUT2D eigenvalue weighted by molar-refractivity contribution is 7.62. The van der Waals surface area contributed by atoms with Crippen LogP contribution >= 0.6 is 18.7 Å². The van der Waals surface area contributed by atoms with Crippen LogP contribution in [0, 0.1) is 5.82 Å². The molecule has 0 aliphatic carbocycles. The topological polar surface area (TPSA) is 123 Å². The summed E-state index contributed by atoms with van der Waals surface area (Å²) in [7, 11) is -3.67. The molecule has 1 N–H and O–H groups in total. The summed E-state index contributed by atoms with van der Waals surface area (Å²) in [6, 6.07) is 8.35. The maximum Gasteiger partial charge on any atom is 0.419 e. The molecule has 1 unspecified atom stereocenters. The number of unbranched alkanes of at least 4 members (excludes halogenated alkanes) is 1. The van der Waals surface area contributed by atoms with E-state index in [9.17, 15) is 28.4 Å². The molecule has 3 rings (SSSR count). The molecule has 0 bridgehead atoms. The minimum atomic E-state index is -3.67. The Morgan fingerprint density at radius 2 is 1.71 bits per heavy atom. The molecule has 10 nitrogen and oxygen atoms in total. The number of benzene rings is 1. The average molecular weight is 669 g/mol. The molecule has 0 spiro atoms. The lowest BCUT2D eigenvalue weighted by molar-refractivity contribution is -0.141. The lowest BCUT2D eigenvalue weighted by atomic mass is 9.98. The molecule has 1 saturated heterocycles. The van der Waals surface area contributed by atoms with Crippen molar-refractivity contribution in [1.82, 2.24) is 9.80 Å². The van der Waals surface area contributed by atoms with Gasteiger partial charge in [0.25, 0.3) is 0 Å². The fourth-order valence-corrected chi connectivity index (χ4v) is 9.06. The molecule has 1 aliphatic heterocycles. The number of halogens is 1.